The van der Waals surface area contributed by atoms with Gasteiger partial charge in [-0.3, -0.25) is 9.69 Å². The van der Waals surface area contributed by atoms with Gasteiger partial charge < -0.3 is 9.64 Å². The Hall–Kier alpha value is -1.97. The van der Waals surface area contributed by atoms with Crippen molar-refractivity contribution in [3.63, 3.8) is 0 Å². The minimum Gasteiger partial charge on any atom is -0.383 e. The first-order chi connectivity index (χ1) is 12.5. The maximum atomic E-state index is 13.2. The molecule has 2 aromatic heterocycles. The van der Waals surface area contributed by atoms with Crippen molar-refractivity contribution in [2.24, 2.45) is 0 Å². The average Bonchev–Trinajstić information content (AvgIpc) is 3.19. The second-order valence-electron chi connectivity index (χ2n) is 6.83. The Morgan fingerprint density at radius 2 is 2.08 bits per heavy atom. The van der Waals surface area contributed by atoms with Crippen molar-refractivity contribution in [2.45, 2.75) is 12.1 Å². The molecule has 4 heterocycles. The maximum Gasteiger partial charge on any atom is 0.258 e. The lowest BCUT2D eigenvalue weighted by Gasteiger charge is -2.43. The summed E-state index contributed by atoms with van der Waals surface area (Å²) in [4.78, 5) is 17.0. The lowest BCUT2D eigenvalue weighted by molar-refractivity contribution is 0.0248. The third kappa shape index (κ3) is 3.00. The standard InChI is InChI=1S/C17H22N4O4S/c1-25-9-8-19-6-7-20(16-12-26(23,24)11-15(16)19)17(22)13-10-18-21-5-3-2-4-14(13)21/h2-5,10,15-16H,6-9,11-12H2,1H3/t15-,16+/m1/s1. The Morgan fingerprint density at radius 3 is 2.88 bits per heavy atom. The van der Waals surface area contributed by atoms with Gasteiger partial charge in [0.1, 0.15) is 0 Å². The van der Waals surface area contributed by atoms with E-state index in [1.165, 1.54) is 0 Å². The number of aromatic nitrogens is 2. The quantitative estimate of drug-likeness (QED) is 0.739. The molecule has 2 fully saturated rings. The van der Waals surface area contributed by atoms with Gasteiger partial charge in [-0.2, -0.15) is 5.10 Å². The molecule has 4 rings (SSSR count). The third-order valence-corrected chi connectivity index (χ3v) is 6.99. The molecule has 2 aromatic rings. The number of piperazine rings is 1. The van der Waals surface area contributed by atoms with Crippen LogP contribution in [-0.4, -0.2) is 90.7 Å². The van der Waals surface area contributed by atoms with Gasteiger partial charge >= 0.3 is 0 Å². The largest absolute Gasteiger partial charge is 0.383 e. The van der Waals surface area contributed by atoms with E-state index in [1.54, 1.807) is 28.9 Å². The molecule has 0 bridgehead atoms. The van der Waals surface area contributed by atoms with Crippen molar-refractivity contribution < 1.29 is 17.9 Å². The fourth-order valence-electron chi connectivity index (χ4n) is 4.02. The summed E-state index contributed by atoms with van der Waals surface area (Å²) in [5.41, 5.74) is 1.25. The topological polar surface area (TPSA) is 84.2 Å². The molecule has 9 heteroatoms. The molecule has 2 saturated heterocycles. The van der Waals surface area contributed by atoms with E-state index in [2.05, 4.69) is 10.00 Å². The zero-order valence-corrected chi connectivity index (χ0v) is 15.4. The molecule has 140 valence electrons. The molecule has 26 heavy (non-hydrogen) atoms. The highest BCUT2D eigenvalue weighted by Crippen LogP contribution is 2.28. The summed E-state index contributed by atoms with van der Waals surface area (Å²) in [6.45, 7) is 2.37. The van der Waals surface area contributed by atoms with Crippen LogP contribution in [0.4, 0.5) is 0 Å². The molecule has 0 unspecified atom stereocenters. The lowest BCUT2D eigenvalue weighted by Crippen LogP contribution is -2.61. The number of hydrogen-bond acceptors (Lipinski definition) is 6. The fourth-order valence-corrected chi connectivity index (χ4v) is 6.03. The van der Waals surface area contributed by atoms with Crippen LogP contribution in [0, 0.1) is 0 Å². The van der Waals surface area contributed by atoms with Crippen LogP contribution in [0.15, 0.2) is 30.6 Å². The zero-order chi connectivity index (χ0) is 18.3. The number of hydrogen-bond donors (Lipinski definition) is 0. The predicted molar refractivity (Wildman–Crippen MR) is 95.9 cm³/mol. The molecule has 0 spiro atoms. The highest BCUT2D eigenvalue weighted by Gasteiger charge is 2.48. The van der Waals surface area contributed by atoms with Crippen LogP contribution in [0.3, 0.4) is 0 Å². The summed E-state index contributed by atoms with van der Waals surface area (Å²) in [6, 6.07) is 5.06. The monoisotopic (exact) mass is 378 g/mol. The number of amides is 1. The number of fused-ring (bicyclic) bond motifs is 2. The van der Waals surface area contributed by atoms with E-state index in [9.17, 15) is 13.2 Å². The Balaban J connectivity index is 1.63. The van der Waals surface area contributed by atoms with Crippen LogP contribution >= 0.6 is 0 Å². The highest BCUT2D eigenvalue weighted by molar-refractivity contribution is 7.91. The fraction of sp³-hybridized carbons (Fsp3) is 0.529. The van der Waals surface area contributed by atoms with Crippen molar-refractivity contribution in [2.75, 3.05) is 44.9 Å². The van der Waals surface area contributed by atoms with Gasteiger partial charge in [0.05, 0.1) is 41.4 Å². The molecule has 0 radical (unpaired) electrons. The number of carbonyl (C=O) groups is 1. The first kappa shape index (κ1) is 17.4. The third-order valence-electron chi connectivity index (χ3n) is 5.29. The van der Waals surface area contributed by atoms with Crippen molar-refractivity contribution in [1.29, 1.82) is 0 Å². The molecule has 2 atom stereocenters. The molecular weight excluding hydrogens is 356 g/mol. The van der Waals surface area contributed by atoms with Gasteiger partial charge in [0.2, 0.25) is 0 Å². The van der Waals surface area contributed by atoms with Crippen LogP contribution in [0.1, 0.15) is 10.4 Å². The van der Waals surface area contributed by atoms with Crippen LogP contribution in [0.5, 0.6) is 0 Å². The highest BCUT2D eigenvalue weighted by atomic mass is 32.2. The number of methoxy groups -OCH3 is 1. The first-order valence-electron chi connectivity index (χ1n) is 8.67. The number of carbonyl (C=O) groups excluding carboxylic acids is 1. The summed E-state index contributed by atoms with van der Waals surface area (Å²) >= 11 is 0. The first-order valence-corrected chi connectivity index (χ1v) is 10.5. The van der Waals surface area contributed by atoms with E-state index in [4.69, 9.17) is 4.74 Å². The molecule has 0 aromatic carbocycles. The van der Waals surface area contributed by atoms with E-state index in [0.717, 1.165) is 5.52 Å². The average molecular weight is 378 g/mol. The molecule has 0 aliphatic carbocycles. The smallest absolute Gasteiger partial charge is 0.258 e. The summed E-state index contributed by atoms with van der Waals surface area (Å²) in [6.07, 6.45) is 3.35. The van der Waals surface area contributed by atoms with E-state index >= 15 is 0 Å². The molecule has 2 aliphatic heterocycles. The van der Waals surface area contributed by atoms with Crippen LogP contribution < -0.4 is 0 Å². The Labute approximate surface area is 152 Å². The molecule has 8 nitrogen and oxygen atoms in total. The van der Waals surface area contributed by atoms with Crippen LogP contribution in [0.25, 0.3) is 5.52 Å². The minimum atomic E-state index is -3.16. The van der Waals surface area contributed by atoms with Gasteiger partial charge in [-0.25, -0.2) is 12.9 Å². The molecule has 1 amide bonds. The number of sulfone groups is 1. The van der Waals surface area contributed by atoms with E-state index in [0.29, 0.717) is 31.8 Å². The molecule has 0 N–H and O–H groups in total. The van der Waals surface area contributed by atoms with Crippen molar-refractivity contribution in [3.8, 4) is 0 Å². The van der Waals surface area contributed by atoms with Gasteiger partial charge in [0.25, 0.3) is 5.91 Å². The van der Waals surface area contributed by atoms with Crippen LogP contribution in [0.2, 0.25) is 0 Å². The number of nitrogens with zero attached hydrogens (tertiary/aromatic N) is 4. The van der Waals surface area contributed by atoms with E-state index in [-0.39, 0.29) is 29.5 Å². The molecule has 0 saturated carbocycles. The van der Waals surface area contributed by atoms with Gasteiger partial charge in [-0.15, -0.1) is 0 Å². The summed E-state index contributed by atoms with van der Waals surface area (Å²) in [5.74, 6) is -0.0313. The van der Waals surface area contributed by atoms with Gasteiger partial charge in [-0.05, 0) is 12.1 Å². The SMILES string of the molecule is COCCN1CCN(C(=O)c2cnn3ccccc23)[C@H]2CS(=O)(=O)C[C@H]21. The second kappa shape index (κ2) is 6.64. The lowest BCUT2D eigenvalue weighted by atomic mass is 10.0. The summed E-state index contributed by atoms with van der Waals surface area (Å²) < 4.78 is 31.3. The van der Waals surface area contributed by atoms with Crippen molar-refractivity contribution in [3.05, 3.63) is 36.2 Å². The molecular formula is C17H22N4O4S. The molecule has 2 aliphatic rings. The van der Waals surface area contributed by atoms with Crippen LogP contribution in [-0.2, 0) is 14.6 Å². The van der Waals surface area contributed by atoms with Gasteiger partial charge in [-0.1, -0.05) is 6.07 Å². The number of rotatable bonds is 4. The predicted octanol–water partition coefficient (Wildman–Crippen LogP) is -0.0959. The zero-order valence-electron chi connectivity index (χ0n) is 14.6. The van der Waals surface area contributed by atoms with Gasteiger partial charge in [0, 0.05) is 39.0 Å². The van der Waals surface area contributed by atoms with Crippen molar-refractivity contribution >= 4 is 21.3 Å². The number of pyridine rings is 1. The Morgan fingerprint density at radius 1 is 1.27 bits per heavy atom. The maximum absolute atomic E-state index is 13.2. The number of ether oxygens (including phenoxy) is 1. The minimum absolute atomic E-state index is 0.0199. The Bertz CT molecular complexity index is 926. The van der Waals surface area contributed by atoms with E-state index < -0.39 is 9.84 Å². The second-order valence-corrected chi connectivity index (χ2v) is 8.98. The van der Waals surface area contributed by atoms with E-state index in [1.807, 2.05) is 18.2 Å². The van der Waals surface area contributed by atoms with Crippen molar-refractivity contribution in [1.82, 2.24) is 19.4 Å². The summed E-state index contributed by atoms with van der Waals surface area (Å²) in [7, 11) is -1.53. The Kier molecular flexibility index (Phi) is 4.45. The summed E-state index contributed by atoms with van der Waals surface area (Å²) in [5, 5.41) is 4.23. The van der Waals surface area contributed by atoms with Gasteiger partial charge in [0.15, 0.2) is 9.84 Å². The normalized spacial score (nSPS) is 25.5.